The van der Waals surface area contributed by atoms with E-state index in [2.05, 4.69) is 0 Å². The molecule has 59 valence electrons. The van der Waals surface area contributed by atoms with Gasteiger partial charge in [0.2, 0.25) is 0 Å². The van der Waals surface area contributed by atoms with Gasteiger partial charge in [-0.1, -0.05) is 40.4 Å². The van der Waals surface area contributed by atoms with E-state index >= 15 is 0 Å². The first kappa shape index (κ1) is 8.91. The van der Waals surface area contributed by atoms with Crippen LogP contribution in [-0.2, 0) is 0 Å². The lowest BCUT2D eigenvalue weighted by Crippen LogP contribution is -2.06. The second-order valence-corrected chi connectivity index (χ2v) is 5.39. The Kier molecular flexibility index (Phi) is 3.24. The molecule has 0 amide bonds. The van der Waals surface area contributed by atoms with Crippen LogP contribution in [0.2, 0.25) is 0 Å². The molecule has 4 heteroatoms. The molecular formula is C7H7Cl2OSi. The maximum Gasteiger partial charge on any atom is 0.511 e. The van der Waals surface area contributed by atoms with Crippen LogP contribution < -0.4 is 4.43 Å². The van der Waals surface area contributed by atoms with Gasteiger partial charge in [0, 0.05) is 0 Å². The van der Waals surface area contributed by atoms with Crippen molar-refractivity contribution in [2.45, 2.75) is 6.92 Å². The van der Waals surface area contributed by atoms with E-state index in [1.54, 1.807) is 0 Å². The molecule has 1 nitrogen and oxygen atoms in total. The van der Waals surface area contributed by atoms with Crippen LogP contribution in [0.3, 0.4) is 0 Å². The van der Waals surface area contributed by atoms with Crippen LogP contribution in [0.25, 0.3) is 0 Å². The zero-order valence-corrected chi connectivity index (χ0v) is 8.49. The molecular weight excluding hydrogens is 199 g/mol. The summed E-state index contributed by atoms with van der Waals surface area (Å²) in [5.41, 5.74) is 1.05. The van der Waals surface area contributed by atoms with E-state index in [-0.39, 0.29) is 0 Å². The molecule has 11 heavy (non-hydrogen) atoms. The van der Waals surface area contributed by atoms with Crippen LogP contribution in [0.5, 0.6) is 5.75 Å². The van der Waals surface area contributed by atoms with Gasteiger partial charge in [-0.05, 0) is 18.6 Å². The zero-order chi connectivity index (χ0) is 8.27. The number of rotatable bonds is 2. The van der Waals surface area contributed by atoms with Crippen LogP contribution in [-0.4, -0.2) is 7.66 Å². The van der Waals surface area contributed by atoms with Gasteiger partial charge in [0.25, 0.3) is 0 Å². The van der Waals surface area contributed by atoms with Gasteiger partial charge in [-0.15, -0.1) is 0 Å². The fraction of sp³-hybridized carbons (Fsp3) is 0.143. The van der Waals surface area contributed by atoms with Gasteiger partial charge in [-0.25, -0.2) is 0 Å². The molecule has 0 aliphatic rings. The Bertz CT molecular complexity index is 240. The highest BCUT2D eigenvalue weighted by Crippen LogP contribution is 2.18. The topological polar surface area (TPSA) is 9.23 Å². The van der Waals surface area contributed by atoms with Crippen molar-refractivity contribution in [2.24, 2.45) is 0 Å². The van der Waals surface area contributed by atoms with E-state index in [0.717, 1.165) is 11.3 Å². The number of hydrogen-bond donors (Lipinski definition) is 0. The van der Waals surface area contributed by atoms with E-state index in [1.165, 1.54) is 0 Å². The summed E-state index contributed by atoms with van der Waals surface area (Å²) in [5.74, 6) is 0.770. The lowest BCUT2D eigenvalue weighted by molar-refractivity contribution is 0.598. The molecule has 0 fully saturated rings. The van der Waals surface area contributed by atoms with E-state index in [1.807, 2.05) is 31.2 Å². The molecule has 0 spiro atoms. The normalized spacial score (nSPS) is 10.2. The van der Waals surface area contributed by atoms with Crippen LogP contribution in [0.4, 0.5) is 0 Å². The van der Waals surface area contributed by atoms with E-state index in [9.17, 15) is 0 Å². The SMILES string of the molecule is Cc1ccccc1O[Si](Cl)Cl. The highest BCUT2D eigenvalue weighted by molar-refractivity contribution is 7.31. The number of halogens is 2. The molecule has 1 rings (SSSR count). The van der Waals surface area contributed by atoms with Gasteiger partial charge >= 0.3 is 7.66 Å². The second-order valence-electron chi connectivity index (χ2n) is 2.09. The quantitative estimate of drug-likeness (QED) is 0.534. The monoisotopic (exact) mass is 205 g/mol. The third kappa shape index (κ3) is 2.73. The van der Waals surface area contributed by atoms with Crippen molar-refractivity contribution in [3.63, 3.8) is 0 Å². The summed E-state index contributed by atoms with van der Waals surface area (Å²) in [6.45, 7) is 1.95. The molecule has 0 heterocycles. The summed E-state index contributed by atoms with van der Waals surface area (Å²) in [4.78, 5) is 0. The number of benzene rings is 1. The van der Waals surface area contributed by atoms with Crippen LogP contribution in [0, 0.1) is 6.92 Å². The van der Waals surface area contributed by atoms with Gasteiger partial charge < -0.3 is 4.43 Å². The average Bonchev–Trinajstić information content (AvgIpc) is 1.93. The van der Waals surface area contributed by atoms with E-state index < -0.39 is 7.66 Å². The minimum atomic E-state index is -1.66. The van der Waals surface area contributed by atoms with Crippen molar-refractivity contribution in [1.29, 1.82) is 0 Å². The lowest BCUT2D eigenvalue weighted by Gasteiger charge is -2.06. The third-order valence-corrected chi connectivity index (χ3v) is 2.12. The van der Waals surface area contributed by atoms with Crippen LogP contribution in [0.15, 0.2) is 24.3 Å². The standard InChI is InChI=1S/C7H7Cl2OSi/c1-6-4-2-3-5-7(6)10-11(8)9/h2-5H,1H3. The first-order valence-corrected chi connectivity index (χ1v) is 6.55. The third-order valence-electron chi connectivity index (χ3n) is 1.28. The minimum Gasteiger partial charge on any atom is -0.517 e. The van der Waals surface area contributed by atoms with E-state index in [4.69, 9.17) is 26.6 Å². The molecule has 0 saturated heterocycles. The lowest BCUT2D eigenvalue weighted by atomic mass is 10.2. The van der Waals surface area contributed by atoms with Gasteiger partial charge in [0.1, 0.15) is 5.75 Å². The Hall–Kier alpha value is -0.183. The predicted octanol–water partition coefficient (Wildman–Crippen LogP) is 2.84. The van der Waals surface area contributed by atoms with Crippen molar-refractivity contribution < 1.29 is 4.43 Å². The summed E-state index contributed by atoms with van der Waals surface area (Å²) in [7, 11) is -1.66. The van der Waals surface area contributed by atoms with Crippen molar-refractivity contribution >= 4 is 29.8 Å². The Balaban J connectivity index is 2.78. The highest BCUT2D eigenvalue weighted by Gasteiger charge is 2.08. The smallest absolute Gasteiger partial charge is 0.511 e. The largest absolute Gasteiger partial charge is 0.517 e. The summed E-state index contributed by atoms with van der Waals surface area (Å²) in [6.07, 6.45) is 0. The molecule has 1 aromatic carbocycles. The fourth-order valence-corrected chi connectivity index (χ4v) is 1.65. The Morgan fingerprint density at radius 2 is 1.91 bits per heavy atom. The maximum absolute atomic E-state index is 5.53. The summed E-state index contributed by atoms with van der Waals surface area (Å²) >= 11 is 11.1. The average molecular weight is 206 g/mol. The van der Waals surface area contributed by atoms with E-state index in [0.29, 0.717) is 0 Å². The maximum atomic E-state index is 5.53. The number of aryl methyl sites for hydroxylation is 1. The number of para-hydroxylation sites is 1. The van der Waals surface area contributed by atoms with Gasteiger partial charge in [0.15, 0.2) is 0 Å². The van der Waals surface area contributed by atoms with Crippen molar-refractivity contribution in [3.05, 3.63) is 29.8 Å². The molecule has 0 aliphatic carbocycles. The molecule has 0 unspecified atom stereocenters. The fourth-order valence-electron chi connectivity index (χ4n) is 0.754. The first-order chi connectivity index (χ1) is 5.20. The van der Waals surface area contributed by atoms with Crippen molar-refractivity contribution in [2.75, 3.05) is 0 Å². The minimum absolute atomic E-state index is 0.770. The summed E-state index contributed by atoms with van der Waals surface area (Å²) in [5, 5.41) is 0. The Labute approximate surface area is 77.0 Å². The van der Waals surface area contributed by atoms with Crippen molar-refractivity contribution in [3.8, 4) is 5.75 Å². The molecule has 1 radical (unpaired) electrons. The predicted molar refractivity (Wildman–Crippen MR) is 49.3 cm³/mol. The molecule has 0 aliphatic heterocycles. The number of hydrogen-bond acceptors (Lipinski definition) is 1. The van der Waals surface area contributed by atoms with Gasteiger partial charge in [-0.3, -0.25) is 0 Å². The highest BCUT2D eigenvalue weighted by atomic mass is 35.7. The summed E-state index contributed by atoms with van der Waals surface area (Å²) in [6, 6.07) is 7.64. The molecule has 1 aromatic rings. The van der Waals surface area contributed by atoms with Crippen LogP contribution >= 0.6 is 22.2 Å². The van der Waals surface area contributed by atoms with Gasteiger partial charge in [0.05, 0.1) is 0 Å². The zero-order valence-electron chi connectivity index (χ0n) is 5.97. The van der Waals surface area contributed by atoms with Crippen LogP contribution in [0.1, 0.15) is 5.56 Å². The Morgan fingerprint density at radius 3 is 2.45 bits per heavy atom. The molecule has 0 atom stereocenters. The Morgan fingerprint density at radius 1 is 1.27 bits per heavy atom. The molecule has 0 N–H and O–H groups in total. The van der Waals surface area contributed by atoms with Gasteiger partial charge in [-0.2, -0.15) is 0 Å². The molecule has 0 aromatic heterocycles. The molecule has 0 saturated carbocycles. The summed E-state index contributed by atoms with van der Waals surface area (Å²) < 4.78 is 5.18. The second kappa shape index (κ2) is 4.00. The van der Waals surface area contributed by atoms with Crippen molar-refractivity contribution in [1.82, 2.24) is 0 Å². The molecule has 0 bridgehead atoms. The first-order valence-electron chi connectivity index (χ1n) is 3.11.